The molecule has 0 amide bonds. The van der Waals surface area contributed by atoms with Gasteiger partial charge in [-0.1, -0.05) is 0 Å². The normalized spacial score (nSPS) is 25.6. The molecule has 2 fully saturated rings. The summed E-state index contributed by atoms with van der Waals surface area (Å²) < 4.78 is 36.8. The summed E-state index contributed by atoms with van der Waals surface area (Å²) in [5.41, 5.74) is 10.3. The number of anilines is 4. The van der Waals surface area contributed by atoms with E-state index in [1.54, 1.807) is 0 Å². The van der Waals surface area contributed by atoms with E-state index < -0.39 is 79.5 Å². The van der Waals surface area contributed by atoms with Crippen LogP contribution < -0.4 is 33.2 Å². The van der Waals surface area contributed by atoms with Crippen LogP contribution in [-0.4, -0.2) is 117 Å². The second-order valence-corrected chi connectivity index (χ2v) is 15.3. The van der Waals surface area contributed by atoms with E-state index in [-0.39, 0.29) is 41.2 Å². The first-order chi connectivity index (χ1) is 23.6. The van der Waals surface area contributed by atoms with E-state index in [9.17, 15) is 39.2 Å². The molecule has 0 aromatic carbocycles. The topological polar surface area (TPSA) is 381 Å². The predicted molar refractivity (Wildman–Crippen MR) is 173 cm³/mol. The Kier molecular flexibility index (Phi) is 12.1. The van der Waals surface area contributed by atoms with Crippen LogP contribution in [0.5, 0.6) is 0 Å². The van der Waals surface area contributed by atoms with Gasteiger partial charge in [-0.3, -0.25) is 0 Å². The molecule has 0 bridgehead atoms. The van der Waals surface area contributed by atoms with E-state index >= 15 is 0 Å². The number of aliphatic hydroxyl groups excluding tert-OH is 1. The minimum absolute atomic E-state index is 0.00586. The average Bonchev–Trinajstić information content (AvgIpc) is 3.72. The second kappa shape index (κ2) is 15.8. The Hall–Kier alpha value is -2.84. The molecule has 3 aromatic rings. The van der Waals surface area contributed by atoms with Gasteiger partial charge in [0, 0.05) is 0 Å². The number of hydrogen-bond acceptors (Lipinski definition) is 23. The molecule has 14 N–H and O–H groups in total. The number of methoxy groups -OCH3 is 1. The van der Waals surface area contributed by atoms with E-state index in [1.807, 2.05) is 0 Å². The van der Waals surface area contributed by atoms with Crippen molar-refractivity contribution in [2.75, 3.05) is 49.5 Å². The van der Waals surface area contributed by atoms with Crippen molar-refractivity contribution in [2.24, 2.45) is 0 Å². The van der Waals surface area contributed by atoms with Gasteiger partial charge >= 0.3 is 282 Å². The van der Waals surface area contributed by atoms with Crippen molar-refractivity contribution in [3.8, 4) is 0 Å². The Morgan fingerprint density at radius 1 is 1.08 bits per heavy atom. The first-order valence-corrected chi connectivity index (χ1v) is 18.9. The first kappa shape index (κ1) is 38.4. The van der Waals surface area contributed by atoms with Crippen LogP contribution in [0.15, 0.2) is 15.9 Å². The number of fused-ring (bicyclic) bond motifs is 1. The molecule has 7 atom stereocenters. The van der Waals surface area contributed by atoms with Gasteiger partial charge in [-0.2, -0.15) is 0 Å². The van der Waals surface area contributed by atoms with Crippen molar-refractivity contribution >= 4 is 59.5 Å². The van der Waals surface area contributed by atoms with E-state index in [1.165, 1.54) is 25.1 Å². The van der Waals surface area contributed by atoms with Gasteiger partial charge in [0.1, 0.15) is 0 Å². The number of nitrogens with two attached hydrogens (primary N) is 2. The summed E-state index contributed by atoms with van der Waals surface area (Å²) >= 11 is 0. The number of imidazole rings is 1. The van der Waals surface area contributed by atoms with Crippen molar-refractivity contribution in [3.05, 3.63) is 27.0 Å². The first-order valence-electron chi connectivity index (χ1n) is 14.4. The fourth-order valence-electron chi connectivity index (χ4n) is 5.07. The summed E-state index contributed by atoms with van der Waals surface area (Å²) in [7, 11) is -11.4. The van der Waals surface area contributed by atoms with Crippen molar-refractivity contribution in [3.63, 3.8) is 0 Å². The number of rotatable bonds is 16. The third-order valence-corrected chi connectivity index (χ3v) is 11.6. The maximum absolute atomic E-state index is 12.1. The van der Waals surface area contributed by atoms with Crippen LogP contribution in [0.2, 0.25) is 0 Å². The Bertz CT molecular complexity index is 1750. The molecule has 282 valence electrons. The minimum atomic E-state index is -5.54. The van der Waals surface area contributed by atoms with Crippen molar-refractivity contribution in [1.82, 2.24) is 29.5 Å². The maximum atomic E-state index is 12.1. The molecule has 2 aliphatic heterocycles. The van der Waals surface area contributed by atoms with Gasteiger partial charge in [0.25, 0.3) is 0 Å². The Morgan fingerprint density at radius 2 is 1.80 bits per heavy atom. The quantitative estimate of drug-likeness (QED) is 0.0400. The summed E-state index contributed by atoms with van der Waals surface area (Å²) in [6, 6.07) is 0. The molecular formula is C21H37N10O16P3. The summed E-state index contributed by atoms with van der Waals surface area (Å²) in [6.07, 6.45) is -3.83. The third-order valence-electron chi connectivity index (χ3n) is 7.15. The SMILES string of the molecule is CNc1c(NC2OC(COP(O)O[PH](O)(O)O[PH](O)(O)OOCC3CCC(n4cnc5c(=O)[nH]c(N)nc54)O3)C(OC)C2O)nc(N)[nH]c1=O. The van der Waals surface area contributed by atoms with E-state index in [2.05, 4.69) is 48.8 Å². The molecular weight excluding hydrogens is 741 g/mol. The predicted octanol–water partition coefficient (Wildman–Crippen LogP) is -2.69. The number of nitrogen functional groups attached to an aromatic ring is 2. The fraction of sp³-hybridized carbons (Fsp3) is 0.571. The van der Waals surface area contributed by atoms with Gasteiger partial charge in [-0.15, -0.1) is 0 Å². The number of aromatic nitrogens is 6. The Morgan fingerprint density at radius 3 is 2.52 bits per heavy atom. The number of aliphatic hydroxyl groups is 1. The zero-order valence-corrected chi connectivity index (χ0v) is 28.9. The molecule has 0 saturated carbocycles. The van der Waals surface area contributed by atoms with Crippen LogP contribution in [0.25, 0.3) is 11.2 Å². The zero-order chi connectivity index (χ0) is 36.4. The van der Waals surface area contributed by atoms with Gasteiger partial charge in [0.05, 0.1) is 0 Å². The molecule has 29 heteroatoms. The standard InChI is InChI=1S/C21H37N10O16P3/c1-24-11-15(27-20(22)29-17(11)33)26-19-13(32)14(40-2)9(44-19)6-42-48(35)46-50(38,39)47-49(36,37)45-41-5-8-3-4-10(43-8)31-7-25-12-16(31)28-21(23)30-18(12)34/h7-10,13-14,19,24,32,35-39,49-50H,3-6H2,1-2H3,(H3,23,28,30,34)(H4,22,26,27,29,33). The number of aromatic amines is 2. The summed E-state index contributed by atoms with van der Waals surface area (Å²) in [5.74, 6) is -0.372. The molecule has 0 aliphatic carbocycles. The molecule has 2 saturated heterocycles. The van der Waals surface area contributed by atoms with Crippen LogP contribution in [0, 0.1) is 0 Å². The number of H-pyrrole nitrogens is 2. The number of hydrogen-bond donors (Lipinski definition) is 12. The van der Waals surface area contributed by atoms with Crippen LogP contribution in [0.3, 0.4) is 0 Å². The van der Waals surface area contributed by atoms with Crippen molar-refractivity contribution in [1.29, 1.82) is 0 Å². The number of ether oxygens (including phenoxy) is 3. The van der Waals surface area contributed by atoms with Gasteiger partial charge < -0.3 is 0 Å². The Labute approximate surface area is 281 Å². The van der Waals surface area contributed by atoms with Crippen molar-refractivity contribution in [2.45, 2.75) is 49.7 Å². The number of nitrogens with zero attached hydrogens (tertiary/aromatic N) is 4. The van der Waals surface area contributed by atoms with Crippen LogP contribution in [-0.2, 0) is 36.9 Å². The van der Waals surface area contributed by atoms with Crippen LogP contribution in [0.4, 0.5) is 23.4 Å². The molecule has 5 rings (SSSR count). The molecule has 0 radical (unpaired) electrons. The summed E-state index contributed by atoms with van der Waals surface area (Å²) in [4.78, 5) is 96.1. The van der Waals surface area contributed by atoms with Crippen LogP contribution in [0.1, 0.15) is 19.1 Å². The summed E-state index contributed by atoms with van der Waals surface area (Å²) in [5, 5.41) is 16.1. The van der Waals surface area contributed by atoms with Crippen LogP contribution >= 0.6 is 24.9 Å². The number of nitrogens with one attached hydrogen (secondary N) is 4. The zero-order valence-electron chi connectivity index (χ0n) is 26.0. The van der Waals surface area contributed by atoms with Crippen molar-refractivity contribution < 1.29 is 66.5 Å². The van der Waals surface area contributed by atoms with E-state index in [0.717, 1.165) is 0 Å². The average molecular weight is 779 g/mol. The van der Waals surface area contributed by atoms with Gasteiger partial charge in [-0.25, -0.2) is 0 Å². The second-order valence-electron chi connectivity index (χ2n) is 10.6. The molecule has 5 heterocycles. The van der Waals surface area contributed by atoms with Gasteiger partial charge in [-0.05, 0) is 0 Å². The van der Waals surface area contributed by atoms with Gasteiger partial charge in [0.15, 0.2) is 0 Å². The monoisotopic (exact) mass is 778 g/mol. The molecule has 26 nitrogen and oxygen atoms in total. The Balaban J connectivity index is 1.07. The molecule has 50 heavy (non-hydrogen) atoms. The molecule has 0 spiro atoms. The molecule has 7 unspecified atom stereocenters. The van der Waals surface area contributed by atoms with Gasteiger partial charge in [0.2, 0.25) is 0 Å². The summed E-state index contributed by atoms with van der Waals surface area (Å²) in [6.45, 7) is -0.924. The third kappa shape index (κ3) is 9.14. The van der Waals surface area contributed by atoms with E-state index in [4.69, 9.17) is 35.1 Å². The molecule has 2 aliphatic rings. The molecule has 3 aromatic heterocycles. The fourth-order valence-corrected chi connectivity index (χ4v) is 8.60. The van der Waals surface area contributed by atoms with E-state index in [0.29, 0.717) is 12.8 Å².